The van der Waals surface area contributed by atoms with Crippen LogP contribution in [0.2, 0.25) is 5.02 Å². The second kappa shape index (κ2) is 5.30. The molecule has 0 saturated heterocycles. The zero-order valence-corrected chi connectivity index (χ0v) is 10.8. The summed E-state index contributed by atoms with van der Waals surface area (Å²) in [6.07, 6.45) is 3.07. The van der Waals surface area contributed by atoms with E-state index in [-0.39, 0.29) is 11.9 Å². The molecule has 1 unspecified atom stereocenters. The summed E-state index contributed by atoms with van der Waals surface area (Å²) in [5.41, 5.74) is 0.506. The van der Waals surface area contributed by atoms with Gasteiger partial charge in [0.15, 0.2) is 0 Å². The minimum atomic E-state index is -0.0615. The number of nitrogens with zero attached hydrogens (tertiary/aromatic N) is 2. The van der Waals surface area contributed by atoms with Gasteiger partial charge in [0, 0.05) is 25.5 Å². The lowest BCUT2D eigenvalue weighted by atomic mass is 10.0. The van der Waals surface area contributed by atoms with Crippen molar-refractivity contribution < 1.29 is 4.79 Å². The number of amides is 1. The molecule has 1 amide bonds. The summed E-state index contributed by atoms with van der Waals surface area (Å²) in [5.74, 6) is 0.350. The van der Waals surface area contributed by atoms with Crippen LogP contribution in [0.5, 0.6) is 0 Å². The highest BCUT2D eigenvalue weighted by Crippen LogP contribution is 2.18. The summed E-state index contributed by atoms with van der Waals surface area (Å²) in [6, 6.07) is 1.82. The predicted octanol–water partition coefficient (Wildman–Crippen LogP) is 2.85. The first-order chi connectivity index (χ1) is 7.45. The Bertz CT molecular complexity index is 379. The van der Waals surface area contributed by atoms with Gasteiger partial charge >= 0.3 is 0 Å². The van der Waals surface area contributed by atoms with Crippen LogP contribution in [0.25, 0.3) is 0 Å². The van der Waals surface area contributed by atoms with Crippen LogP contribution in [0, 0.1) is 5.92 Å². The molecule has 3 nitrogen and oxygen atoms in total. The highest BCUT2D eigenvalue weighted by molar-refractivity contribution is 6.33. The first-order valence-corrected chi connectivity index (χ1v) is 5.69. The van der Waals surface area contributed by atoms with Gasteiger partial charge in [-0.15, -0.1) is 0 Å². The lowest BCUT2D eigenvalue weighted by Gasteiger charge is -2.28. The first kappa shape index (κ1) is 13.0. The Morgan fingerprint density at radius 1 is 1.44 bits per heavy atom. The minimum absolute atomic E-state index is 0.0615. The molecule has 1 rings (SSSR count). The predicted molar refractivity (Wildman–Crippen MR) is 65.6 cm³/mol. The topological polar surface area (TPSA) is 33.2 Å². The lowest BCUT2D eigenvalue weighted by Crippen LogP contribution is -2.38. The molecule has 16 heavy (non-hydrogen) atoms. The van der Waals surface area contributed by atoms with Crippen LogP contribution in [-0.4, -0.2) is 28.9 Å². The minimum Gasteiger partial charge on any atom is -0.339 e. The molecule has 1 heterocycles. The molecule has 4 heteroatoms. The summed E-state index contributed by atoms with van der Waals surface area (Å²) >= 11 is 5.94. The van der Waals surface area contributed by atoms with E-state index < -0.39 is 0 Å². The maximum absolute atomic E-state index is 12.1. The van der Waals surface area contributed by atoms with Crippen LogP contribution >= 0.6 is 11.6 Å². The van der Waals surface area contributed by atoms with E-state index in [1.54, 1.807) is 24.2 Å². The van der Waals surface area contributed by atoms with E-state index in [4.69, 9.17) is 11.6 Å². The van der Waals surface area contributed by atoms with E-state index in [1.807, 2.05) is 6.92 Å². The van der Waals surface area contributed by atoms with Gasteiger partial charge in [-0.05, 0) is 18.9 Å². The molecule has 1 aromatic heterocycles. The standard InChI is InChI=1S/C12H17ClN2O/c1-8(2)9(3)15(4)12(16)10-5-6-14-7-11(10)13/h5-9H,1-4H3. The first-order valence-electron chi connectivity index (χ1n) is 5.31. The average Bonchev–Trinajstić information content (AvgIpc) is 2.26. The van der Waals surface area contributed by atoms with Crippen molar-refractivity contribution in [3.63, 3.8) is 0 Å². The van der Waals surface area contributed by atoms with Crippen molar-refractivity contribution in [2.45, 2.75) is 26.8 Å². The number of aromatic nitrogens is 1. The van der Waals surface area contributed by atoms with Crippen LogP contribution in [-0.2, 0) is 0 Å². The van der Waals surface area contributed by atoms with Gasteiger partial charge in [-0.25, -0.2) is 0 Å². The number of pyridine rings is 1. The van der Waals surface area contributed by atoms with Crippen molar-refractivity contribution in [2.24, 2.45) is 5.92 Å². The number of halogens is 1. The van der Waals surface area contributed by atoms with E-state index in [0.717, 1.165) is 0 Å². The lowest BCUT2D eigenvalue weighted by molar-refractivity contribution is 0.0707. The smallest absolute Gasteiger partial charge is 0.255 e. The summed E-state index contributed by atoms with van der Waals surface area (Å²) in [7, 11) is 1.80. The number of hydrogen-bond donors (Lipinski definition) is 0. The van der Waals surface area contributed by atoms with Gasteiger partial charge in [-0.3, -0.25) is 9.78 Å². The van der Waals surface area contributed by atoms with Gasteiger partial charge in [0.2, 0.25) is 0 Å². The molecule has 88 valence electrons. The monoisotopic (exact) mass is 240 g/mol. The van der Waals surface area contributed by atoms with Gasteiger partial charge < -0.3 is 4.90 Å². The van der Waals surface area contributed by atoms with Crippen molar-refractivity contribution in [3.8, 4) is 0 Å². The second-order valence-electron chi connectivity index (χ2n) is 4.26. The Labute approximate surface area is 101 Å². The Balaban J connectivity index is 2.91. The third-order valence-electron chi connectivity index (χ3n) is 2.90. The molecule has 0 fully saturated rings. The number of hydrogen-bond acceptors (Lipinski definition) is 2. The highest BCUT2D eigenvalue weighted by atomic mass is 35.5. The molecular formula is C12H17ClN2O. The molecule has 0 radical (unpaired) electrons. The molecule has 1 aromatic rings. The van der Waals surface area contributed by atoms with Crippen LogP contribution in [0.1, 0.15) is 31.1 Å². The Kier molecular flexibility index (Phi) is 4.30. The maximum Gasteiger partial charge on any atom is 0.255 e. The Morgan fingerprint density at radius 2 is 2.06 bits per heavy atom. The van der Waals surface area contributed by atoms with Gasteiger partial charge in [-0.1, -0.05) is 25.4 Å². The van der Waals surface area contributed by atoms with Crippen molar-refractivity contribution in [2.75, 3.05) is 7.05 Å². The molecular weight excluding hydrogens is 224 g/mol. The van der Waals surface area contributed by atoms with E-state index in [1.165, 1.54) is 6.20 Å². The van der Waals surface area contributed by atoms with Crippen molar-refractivity contribution in [1.29, 1.82) is 0 Å². The number of carbonyl (C=O) groups excluding carboxylic acids is 1. The molecule has 0 N–H and O–H groups in total. The van der Waals surface area contributed by atoms with Gasteiger partial charge in [0.1, 0.15) is 0 Å². The van der Waals surface area contributed by atoms with Crippen LogP contribution in [0.4, 0.5) is 0 Å². The SMILES string of the molecule is CC(C)C(C)N(C)C(=O)c1ccncc1Cl. The van der Waals surface area contributed by atoms with Crippen molar-refractivity contribution in [3.05, 3.63) is 29.0 Å². The zero-order chi connectivity index (χ0) is 12.3. The fourth-order valence-electron chi connectivity index (χ4n) is 1.37. The van der Waals surface area contributed by atoms with Crippen molar-refractivity contribution in [1.82, 2.24) is 9.88 Å². The zero-order valence-electron chi connectivity index (χ0n) is 10.1. The third kappa shape index (κ3) is 2.73. The molecule has 0 saturated carbocycles. The highest BCUT2D eigenvalue weighted by Gasteiger charge is 2.21. The molecule has 0 bridgehead atoms. The van der Waals surface area contributed by atoms with Gasteiger partial charge in [-0.2, -0.15) is 0 Å². The molecule has 0 spiro atoms. The Morgan fingerprint density at radius 3 is 2.56 bits per heavy atom. The average molecular weight is 241 g/mol. The van der Waals surface area contributed by atoms with E-state index in [2.05, 4.69) is 18.8 Å². The van der Waals surface area contributed by atoms with Crippen molar-refractivity contribution >= 4 is 17.5 Å². The Hall–Kier alpha value is -1.09. The number of rotatable bonds is 3. The number of carbonyl (C=O) groups is 1. The van der Waals surface area contributed by atoms with Gasteiger partial charge in [0.05, 0.1) is 10.6 Å². The maximum atomic E-state index is 12.1. The van der Waals surface area contributed by atoms with E-state index >= 15 is 0 Å². The molecule has 0 aliphatic heterocycles. The fourth-order valence-corrected chi connectivity index (χ4v) is 1.57. The van der Waals surface area contributed by atoms with Crippen LogP contribution < -0.4 is 0 Å². The summed E-state index contributed by atoms with van der Waals surface area (Å²) in [5, 5.41) is 0.398. The van der Waals surface area contributed by atoms with E-state index in [0.29, 0.717) is 16.5 Å². The quantitative estimate of drug-likeness (QED) is 0.814. The summed E-state index contributed by atoms with van der Waals surface area (Å²) in [4.78, 5) is 17.7. The van der Waals surface area contributed by atoms with Crippen LogP contribution in [0.3, 0.4) is 0 Å². The van der Waals surface area contributed by atoms with Gasteiger partial charge in [0.25, 0.3) is 5.91 Å². The fraction of sp³-hybridized carbons (Fsp3) is 0.500. The normalized spacial score (nSPS) is 12.6. The molecule has 0 aliphatic rings. The summed E-state index contributed by atoms with van der Waals surface area (Å²) in [6.45, 7) is 6.20. The second-order valence-corrected chi connectivity index (χ2v) is 4.66. The summed E-state index contributed by atoms with van der Waals surface area (Å²) < 4.78 is 0. The molecule has 1 atom stereocenters. The van der Waals surface area contributed by atoms with Crippen LogP contribution in [0.15, 0.2) is 18.5 Å². The third-order valence-corrected chi connectivity index (χ3v) is 3.20. The molecule has 0 aliphatic carbocycles. The molecule has 0 aromatic carbocycles. The van der Waals surface area contributed by atoms with E-state index in [9.17, 15) is 4.79 Å². The largest absolute Gasteiger partial charge is 0.339 e.